The van der Waals surface area contributed by atoms with Crippen molar-refractivity contribution in [2.24, 2.45) is 7.05 Å². The van der Waals surface area contributed by atoms with Crippen LogP contribution < -0.4 is 5.43 Å². The monoisotopic (exact) mass is 341 g/mol. The van der Waals surface area contributed by atoms with Crippen LogP contribution in [0.4, 0.5) is 0 Å². The van der Waals surface area contributed by atoms with Crippen LogP contribution in [0, 0.1) is 6.92 Å². The summed E-state index contributed by atoms with van der Waals surface area (Å²) in [6.07, 6.45) is 0. The van der Waals surface area contributed by atoms with Gasteiger partial charge in [0.25, 0.3) is 0 Å². The molecule has 0 amide bonds. The normalized spacial score (nSPS) is 17.6. The van der Waals surface area contributed by atoms with Crippen molar-refractivity contribution in [3.63, 3.8) is 0 Å². The number of hydrogen-bond acceptors (Lipinski definition) is 4. The van der Waals surface area contributed by atoms with Gasteiger partial charge in [-0.1, -0.05) is 30.3 Å². The van der Waals surface area contributed by atoms with Crippen LogP contribution >= 0.6 is 0 Å². The molecule has 1 atom stereocenters. The minimum absolute atomic E-state index is 0.0106. The molecule has 1 saturated heterocycles. The predicted octanol–water partition coefficient (Wildman–Crippen LogP) is 2.28. The smallest absolute Gasteiger partial charge is 0.223 e. The van der Waals surface area contributed by atoms with Gasteiger partial charge >= 0.3 is 0 Å². The van der Waals surface area contributed by atoms with Crippen LogP contribution in [0.3, 0.4) is 0 Å². The summed E-state index contributed by atoms with van der Waals surface area (Å²) < 4.78 is 1.93. The van der Waals surface area contributed by atoms with E-state index in [-0.39, 0.29) is 17.2 Å². The van der Waals surface area contributed by atoms with E-state index in [1.54, 1.807) is 0 Å². The Kier molecular flexibility index (Phi) is 5.25. The van der Waals surface area contributed by atoms with Crippen molar-refractivity contribution in [2.75, 3.05) is 26.2 Å². The van der Waals surface area contributed by atoms with Gasteiger partial charge in [-0.15, -0.1) is 0 Å². The van der Waals surface area contributed by atoms with Crippen molar-refractivity contribution in [3.8, 4) is 5.75 Å². The lowest BCUT2D eigenvalue weighted by atomic mass is 10.1. The van der Waals surface area contributed by atoms with E-state index in [0.29, 0.717) is 5.69 Å². The van der Waals surface area contributed by atoms with Crippen LogP contribution in [0.25, 0.3) is 0 Å². The van der Waals surface area contributed by atoms with Crippen LogP contribution in [-0.2, 0) is 13.6 Å². The molecule has 25 heavy (non-hydrogen) atoms. The van der Waals surface area contributed by atoms with Gasteiger partial charge in [-0.2, -0.15) is 0 Å². The molecule has 1 aliphatic heterocycles. The van der Waals surface area contributed by atoms with Gasteiger partial charge in [0, 0.05) is 51.5 Å². The molecule has 2 aromatic rings. The Morgan fingerprint density at radius 3 is 2.40 bits per heavy atom. The van der Waals surface area contributed by atoms with Gasteiger partial charge in [-0.05, 0) is 19.4 Å². The molecule has 5 heteroatoms. The van der Waals surface area contributed by atoms with Gasteiger partial charge in [0.1, 0.15) is 0 Å². The van der Waals surface area contributed by atoms with Crippen LogP contribution in [0.1, 0.15) is 29.9 Å². The van der Waals surface area contributed by atoms with Gasteiger partial charge in [-0.3, -0.25) is 14.6 Å². The topological polar surface area (TPSA) is 48.7 Å². The van der Waals surface area contributed by atoms with E-state index in [9.17, 15) is 9.90 Å². The van der Waals surface area contributed by atoms with E-state index in [1.165, 1.54) is 11.6 Å². The number of aromatic nitrogens is 1. The van der Waals surface area contributed by atoms with Gasteiger partial charge in [-0.25, -0.2) is 0 Å². The lowest BCUT2D eigenvalue weighted by Crippen LogP contribution is -2.47. The summed E-state index contributed by atoms with van der Waals surface area (Å²) in [4.78, 5) is 16.8. The number of aromatic hydroxyl groups is 1. The first-order valence-electron chi connectivity index (χ1n) is 8.87. The molecule has 0 radical (unpaired) electrons. The van der Waals surface area contributed by atoms with E-state index < -0.39 is 0 Å². The molecule has 0 bridgehead atoms. The highest BCUT2D eigenvalue weighted by Gasteiger charge is 2.26. The Hall–Kier alpha value is -2.11. The molecule has 1 aromatic carbocycles. The largest absolute Gasteiger partial charge is 0.503 e. The quantitative estimate of drug-likeness (QED) is 0.927. The van der Waals surface area contributed by atoms with Crippen molar-refractivity contribution in [3.05, 3.63) is 63.6 Å². The summed E-state index contributed by atoms with van der Waals surface area (Å²) in [6.45, 7) is 8.76. The zero-order valence-corrected chi connectivity index (χ0v) is 15.3. The molecule has 1 unspecified atom stereocenters. The maximum Gasteiger partial charge on any atom is 0.223 e. The molecule has 1 aliphatic rings. The van der Waals surface area contributed by atoms with E-state index in [2.05, 4.69) is 41.0 Å². The number of benzene rings is 1. The van der Waals surface area contributed by atoms with Crippen molar-refractivity contribution >= 4 is 0 Å². The number of rotatable bonds is 4. The zero-order valence-electron chi connectivity index (χ0n) is 15.3. The summed E-state index contributed by atoms with van der Waals surface area (Å²) in [5.41, 5.74) is 2.62. The summed E-state index contributed by atoms with van der Waals surface area (Å²) in [5.74, 6) is -0.118. The summed E-state index contributed by atoms with van der Waals surface area (Å²) in [6, 6.07) is 12.0. The second-order valence-corrected chi connectivity index (χ2v) is 6.92. The molecule has 134 valence electrons. The summed E-state index contributed by atoms with van der Waals surface area (Å²) in [5, 5.41) is 10.3. The van der Waals surface area contributed by atoms with Gasteiger partial charge in [0.2, 0.25) is 5.43 Å². The molecule has 0 spiro atoms. The Bertz CT molecular complexity index is 778. The molecule has 1 aromatic heterocycles. The maximum atomic E-state index is 12.0. The van der Waals surface area contributed by atoms with Crippen LogP contribution in [-0.4, -0.2) is 45.7 Å². The van der Waals surface area contributed by atoms with Gasteiger partial charge < -0.3 is 9.67 Å². The average molecular weight is 341 g/mol. The van der Waals surface area contributed by atoms with Crippen LogP contribution in [0.5, 0.6) is 5.75 Å². The lowest BCUT2D eigenvalue weighted by Gasteiger charge is -2.38. The van der Waals surface area contributed by atoms with E-state index in [4.69, 9.17) is 0 Å². The molecular formula is C20H27N3O2. The third kappa shape index (κ3) is 3.78. The number of piperazine rings is 1. The zero-order chi connectivity index (χ0) is 18.0. The number of hydrogen-bond donors (Lipinski definition) is 1. The molecule has 1 N–H and O–H groups in total. The molecule has 0 aliphatic carbocycles. The van der Waals surface area contributed by atoms with Gasteiger partial charge in [0.15, 0.2) is 5.75 Å². The second kappa shape index (κ2) is 7.42. The Balaban J connectivity index is 1.68. The molecule has 3 rings (SSSR count). The lowest BCUT2D eigenvalue weighted by molar-refractivity contribution is 0.0938. The summed E-state index contributed by atoms with van der Waals surface area (Å²) in [7, 11) is 1.91. The number of pyridine rings is 1. The van der Waals surface area contributed by atoms with E-state index in [1.807, 2.05) is 24.6 Å². The number of nitrogens with zero attached hydrogens (tertiary/aromatic N) is 3. The first kappa shape index (κ1) is 17.7. The standard InChI is InChI=1S/C20H27N3O2/c1-15-13-18(24)20(25)19(21(15)3)16(2)23-11-9-22(10-12-23)14-17-7-5-4-6-8-17/h4-8,13,16,25H,9-12,14H2,1-3H3. The third-order valence-electron chi connectivity index (χ3n) is 5.31. The fraction of sp³-hybridized carbons (Fsp3) is 0.450. The van der Waals surface area contributed by atoms with Gasteiger partial charge in [0.05, 0.1) is 11.7 Å². The average Bonchev–Trinajstić information content (AvgIpc) is 2.62. The SMILES string of the molecule is Cc1cc(=O)c(O)c(C(C)N2CCN(Cc3ccccc3)CC2)n1C. The van der Waals surface area contributed by atoms with Crippen LogP contribution in [0.15, 0.2) is 41.2 Å². The van der Waals surface area contributed by atoms with Crippen molar-refractivity contribution < 1.29 is 5.11 Å². The third-order valence-corrected chi connectivity index (χ3v) is 5.31. The van der Waals surface area contributed by atoms with E-state index >= 15 is 0 Å². The minimum atomic E-state index is -0.292. The molecule has 5 nitrogen and oxygen atoms in total. The fourth-order valence-electron chi connectivity index (χ4n) is 3.63. The van der Waals surface area contributed by atoms with Crippen molar-refractivity contribution in [2.45, 2.75) is 26.4 Å². The first-order valence-corrected chi connectivity index (χ1v) is 8.87. The van der Waals surface area contributed by atoms with Crippen molar-refractivity contribution in [1.29, 1.82) is 0 Å². The molecule has 2 heterocycles. The minimum Gasteiger partial charge on any atom is -0.503 e. The Labute approximate surface area is 149 Å². The predicted molar refractivity (Wildman–Crippen MR) is 99.8 cm³/mol. The number of aryl methyl sites for hydroxylation is 1. The van der Waals surface area contributed by atoms with E-state index in [0.717, 1.165) is 38.4 Å². The molecule has 1 fully saturated rings. The van der Waals surface area contributed by atoms with Crippen LogP contribution in [0.2, 0.25) is 0 Å². The highest BCUT2D eigenvalue weighted by Crippen LogP contribution is 2.27. The molecular weight excluding hydrogens is 314 g/mol. The highest BCUT2D eigenvalue weighted by molar-refractivity contribution is 5.31. The summed E-state index contributed by atoms with van der Waals surface area (Å²) >= 11 is 0. The highest BCUT2D eigenvalue weighted by atomic mass is 16.3. The Morgan fingerprint density at radius 2 is 1.76 bits per heavy atom. The fourth-order valence-corrected chi connectivity index (χ4v) is 3.63. The maximum absolute atomic E-state index is 12.0. The second-order valence-electron chi connectivity index (χ2n) is 6.92. The first-order chi connectivity index (χ1) is 12.0. The molecule has 0 saturated carbocycles. The Morgan fingerprint density at radius 1 is 1.12 bits per heavy atom. The van der Waals surface area contributed by atoms with Crippen molar-refractivity contribution in [1.82, 2.24) is 14.4 Å².